The van der Waals surface area contributed by atoms with Crippen LogP contribution in [0, 0.1) is 0 Å². The second-order valence-electron chi connectivity index (χ2n) is 5.79. The minimum Gasteiger partial charge on any atom is -0.372 e. The van der Waals surface area contributed by atoms with Gasteiger partial charge < -0.3 is 4.90 Å². The molecule has 0 N–H and O–H groups in total. The van der Waals surface area contributed by atoms with Gasteiger partial charge in [0.1, 0.15) is 0 Å². The fourth-order valence-corrected chi connectivity index (χ4v) is 3.91. The Morgan fingerprint density at radius 3 is 2.29 bits per heavy atom. The highest BCUT2D eigenvalue weighted by Crippen LogP contribution is 2.21. The molecule has 1 aliphatic heterocycles. The van der Waals surface area contributed by atoms with Crippen LogP contribution in [0.3, 0.4) is 0 Å². The largest absolute Gasteiger partial charge is 0.372 e. The molecule has 1 saturated heterocycles. The van der Waals surface area contributed by atoms with Crippen LogP contribution >= 0.6 is 0 Å². The van der Waals surface area contributed by atoms with Gasteiger partial charge in [0.15, 0.2) is 0 Å². The molecule has 5 heteroatoms. The van der Waals surface area contributed by atoms with E-state index in [0.29, 0.717) is 13.0 Å². The third-order valence-corrected chi connectivity index (χ3v) is 6.00. The average molecular weight is 310 g/mol. The fraction of sp³-hybridized carbons (Fsp3) is 0.625. The summed E-state index contributed by atoms with van der Waals surface area (Å²) in [6.45, 7) is 4.59. The summed E-state index contributed by atoms with van der Waals surface area (Å²) in [7, 11) is -1.46. The van der Waals surface area contributed by atoms with Crippen LogP contribution < -0.4 is 4.90 Å². The molecule has 4 nitrogen and oxygen atoms in total. The molecule has 0 spiro atoms. The molecule has 0 aromatic heterocycles. The lowest BCUT2D eigenvalue weighted by Gasteiger charge is -2.29. The van der Waals surface area contributed by atoms with Crippen molar-refractivity contribution in [2.75, 3.05) is 30.8 Å². The maximum absolute atomic E-state index is 12.0. The van der Waals surface area contributed by atoms with Crippen molar-refractivity contribution in [1.29, 1.82) is 0 Å². The van der Waals surface area contributed by atoms with Gasteiger partial charge in [-0.15, -0.1) is 0 Å². The molecule has 21 heavy (non-hydrogen) atoms. The summed E-state index contributed by atoms with van der Waals surface area (Å²) in [4.78, 5) is 2.41. The summed E-state index contributed by atoms with van der Waals surface area (Å²) in [5.41, 5.74) is 2.29. The molecule has 1 fully saturated rings. The summed E-state index contributed by atoms with van der Waals surface area (Å²) in [6, 6.07) is 8.31. The first-order valence-corrected chi connectivity index (χ1v) is 9.42. The predicted molar refractivity (Wildman–Crippen MR) is 88.1 cm³/mol. The SMILES string of the molecule is CCCS(=O)(=O)N(C)Cc1ccc(N2CCCCC2)cc1. The summed E-state index contributed by atoms with van der Waals surface area (Å²) in [5.74, 6) is 0.218. The molecule has 0 amide bonds. The molecule has 0 saturated carbocycles. The van der Waals surface area contributed by atoms with Crippen molar-refractivity contribution in [2.24, 2.45) is 0 Å². The molecule has 0 atom stereocenters. The number of piperidine rings is 1. The molecule has 1 aromatic rings. The Morgan fingerprint density at radius 2 is 1.71 bits per heavy atom. The maximum atomic E-state index is 12.0. The van der Waals surface area contributed by atoms with Gasteiger partial charge >= 0.3 is 0 Å². The number of hydrogen-bond donors (Lipinski definition) is 0. The third kappa shape index (κ3) is 4.45. The number of nitrogens with zero attached hydrogens (tertiary/aromatic N) is 2. The monoisotopic (exact) mass is 310 g/mol. The first-order chi connectivity index (χ1) is 10.0. The van der Waals surface area contributed by atoms with Gasteiger partial charge in [0.05, 0.1) is 5.75 Å². The van der Waals surface area contributed by atoms with E-state index < -0.39 is 10.0 Å². The molecular formula is C16H26N2O2S. The number of sulfonamides is 1. The van der Waals surface area contributed by atoms with E-state index >= 15 is 0 Å². The normalized spacial score (nSPS) is 16.4. The summed E-state index contributed by atoms with van der Waals surface area (Å²) in [5, 5.41) is 0. The molecule has 0 aliphatic carbocycles. The highest BCUT2D eigenvalue weighted by molar-refractivity contribution is 7.89. The van der Waals surface area contributed by atoms with Crippen molar-refractivity contribution >= 4 is 15.7 Å². The summed E-state index contributed by atoms with van der Waals surface area (Å²) < 4.78 is 25.4. The van der Waals surface area contributed by atoms with Gasteiger partial charge in [-0.25, -0.2) is 12.7 Å². The van der Waals surface area contributed by atoms with Crippen LogP contribution in [0.25, 0.3) is 0 Å². The Labute approximate surface area is 128 Å². The van der Waals surface area contributed by atoms with Gasteiger partial charge in [0.2, 0.25) is 10.0 Å². The van der Waals surface area contributed by atoms with Gasteiger partial charge in [-0.3, -0.25) is 0 Å². The van der Waals surface area contributed by atoms with Crippen molar-refractivity contribution in [1.82, 2.24) is 4.31 Å². The Hall–Kier alpha value is -1.07. The number of rotatable bonds is 6. The van der Waals surface area contributed by atoms with Gasteiger partial charge in [0.25, 0.3) is 0 Å². The number of hydrogen-bond acceptors (Lipinski definition) is 3. The van der Waals surface area contributed by atoms with Crippen LogP contribution in [0.2, 0.25) is 0 Å². The smallest absolute Gasteiger partial charge is 0.214 e. The van der Waals surface area contributed by atoms with E-state index in [4.69, 9.17) is 0 Å². The minimum atomic E-state index is -3.12. The zero-order valence-corrected chi connectivity index (χ0v) is 13.9. The van der Waals surface area contributed by atoms with E-state index in [9.17, 15) is 8.42 Å². The van der Waals surface area contributed by atoms with E-state index in [0.717, 1.165) is 18.7 Å². The van der Waals surface area contributed by atoms with E-state index in [1.807, 2.05) is 19.1 Å². The van der Waals surface area contributed by atoms with Gasteiger partial charge in [0, 0.05) is 32.4 Å². The van der Waals surface area contributed by atoms with E-state index in [1.165, 1.54) is 29.3 Å². The Morgan fingerprint density at radius 1 is 1.10 bits per heavy atom. The first kappa shape index (κ1) is 16.3. The predicted octanol–water partition coefficient (Wildman–Crippen LogP) is 2.85. The van der Waals surface area contributed by atoms with Crippen LogP contribution in [0.15, 0.2) is 24.3 Å². The topological polar surface area (TPSA) is 40.6 Å². The molecule has 1 aromatic carbocycles. The molecule has 0 radical (unpaired) electrons. The lowest BCUT2D eigenvalue weighted by atomic mass is 10.1. The number of benzene rings is 1. The van der Waals surface area contributed by atoms with Crippen LogP contribution in [0.1, 0.15) is 38.2 Å². The van der Waals surface area contributed by atoms with Crippen molar-refractivity contribution < 1.29 is 8.42 Å². The van der Waals surface area contributed by atoms with Crippen molar-refractivity contribution in [3.05, 3.63) is 29.8 Å². The first-order valence-electron chi connectivity index (χ1n) is 7.81. The molecule has 1 aliphatic rings. The Bertz CT molecular complexity index is 534. The second-order valence-corrected chi connectivity index (χ2v) is 7.98. The fourth-order valence-electron chi connectivity index (χ4n) is 2.73. The molecule has 2 rings (SSSR count). The molecule has 1 heterocycles. The van der Waals surface area contributed by atoms with Gasteiger partial charge in [-0.05, 0) is 43.4 Å². The van der Waals surface area contributed by atoms with Crippen LogP contribution in [0.5, 0.6) is 0 Å². The molecule has 0 bridgehead atoms. The lowest BCUT2D eigenvalue weighted by Crippen LogP contribution is -2.29. The zero-order valence-electron chi connectivity index (χ0n) is 13.1. The van der Waals surface area contributed by atoms with E-state index in [2.05, 4.69) is 17.0 Å². The van der Waals surface area contributed by atoms with Gasteiger partial charge in [-0.2, -0.15) is 0 Å². The summed E-state index contributed by atoms with van der Waals surface area (Å²) >= 11 is 0. The summed E-state index contributed by atoms with van der Waals surface area (Å²) in [6.07, 6.45) is 4.51. The highest BCUT2D eigenvalue weighted by Gasteiger charge is 2.17. The van der Waals surface area contributed by atoms with Crippen LogP contribution in [-0.2, 0) is 16.6 Å². The van der Waals surface area contributed by atoms with Crippen LogP contribution in [-0.4, -0.2) is 38.6 Å². The zero-order chi connectivity index (χ0) is 15.3. The van der Waals surface area contributed by atoms with E-state index in [-0.39, 0.29) is 5.75 Å². The Kier molecular flexibility index (Phi) is 5.65. The highest BCUT2D eigenvalue weighted by atomic mass is 32.2. The quantitative estimate of drug-likeness (QED) is 0.811. The average Bonchev–Trinajstić information content (AvgIpc) is 2.49. The Balaban J connectivity index is 1.99. The van der Waals surface area contributed by atoms with Crippen molar-refractivity contribution in [3.8, 4) is 0 Å². The van der Waals surface area contributed by atoms with Crippen molar-refractivity contribution in [3.63, 3.8) is 0 Å². The third-order valence-electron chi connectivity index (χ3n) is 4.00. The standard InChI is InChI=1S/C16H26N2O2S/c1-3-13-21(19,20)17(2)14-15-7-9-16(10-8-15)18-11-5-4-6-12-18/h7-10H,3-6,11-14H2,1-2H3. The lowest BCUT2D eigenvalue weighted by molar-refractivity contribution is 0.466. The molecule has 0 unspecified atom stereocenters. The molecular weight excluding hydrogens is 284 g/mol. The van der Waals surface area contributed by atoms with Gasteiger partial charge in [-0.1, -0.05) is 19.1 Å². The number of anilines is 1. The minimum absolute atomic E-state index is 0.218. The second kappa shape index (κ2) is 7.27. The van der Waals surface area contributed by atoms with Crippen LogP contribution in [0.4, 0.5) is 5.69 Å². The maximum Gasteiger partial charge on any atom is 0.214 e. The van der Waals surface area contributed by atoms with Crippen molar-refractivity contribution in [2.45, 2.75) is 39.2 Å². The van der Waals surface area contributed by atoms with E-state index in [1.54, 1.807) is 7.05 Å². The molecule has 118 valence electrons.